The van der Waals surface area contributed by atoms with Crippen molar-refractivity contribution in [3.63, 3.8) is 0 Å². The molecule has 0 unspecified atom stereocenters. The minimum absolute atomic E-state index is 0. The van der Waals surface area contributed by atoms with Crippen LogP contribution >= 0.6 is 0 Å². The van der Waals surface area contributed by atoms with Gasteiger partial charge in [-0.2, -0.15) is 0 Å². The van der Waals surface area contributed by atoms with Crippen molar-refractivity contribution in [2.24, 2.45) is 0 Å². The van der Waals surface area contributed by atoms with Gasteiger partial charge in [0, 0.05) is 33.3 Å². The zero-order chi connectivity index (χ0) is 2.71. The summed E-state index contributed by atoms with van der Waals surface area (Å²) >= 11 is 0. The summed E-state index contributed by atoms with van der Waals surface area (Å²) in [6.07, 6.45) is 0. The largest absolute Gasteiger partial charge is 0.665 e. The summed E-state index contributed by atoms with van der Waals surface area (Å²) in [5.41, 5.74) is 0. The van der Waals surface area contributed by atoms with Crippen molar-refractivity contribution in [3.8, 4) is 0 Å². The van der Waals surface area contributed by atoms with Crippen LogP contribution in [0.5, 0.6) is 0 Å². The Hall–Kier alpha value is 0.470. The zero-order valence-electron chi connectivity index (χ0n) is 2.01. The van der Waals surface area contributed by atoms with Gasteiger partial charge in [0.1, 0.15) is 0 Å². The molecule has 0 saturated heterocycles. The molecule has 4 heteroatoms. The monoisotopic (exact) mass is 162 g/mol. The predicted molar refractivity (Wildman–Crippen MR) is 8.32 cm³/mol. The summed E-state index contributed by atoms with van der Waals surface area (Å²) in [4.78, 5) is 8.24. The molecule has 0 aromatic heterocycles. The summed E-state index contributed by atoms with van der Waals surface area (Å²) < 4.78 is 0. The third-order valence-electron chi connectivity index (χ3n) is 0. The van der Waals surface area contributed by atoms with Crippen LogP contribution in [0.1, 0.15) is 0 Å². The Labute approximate surface area is 50.1 Å². The van der Waals surface area contributed by atoms with Crippen molar-refractivity contribution in [1.29, 1.82) is 0 Å². The van der Waals surface area contributed by atoms with E-state index >= 15 is 0 Å². The van der Waals surface area contributed by atoms with Gasteiger partial charge >= 0.3 is 0 Å². The first-order valence-corrected chi connectivity index (χ1v) is 0.428. The fourth-order valence-electron chi connectivity index (χ4n) is 0. The number of hydrogen-bond acceptors (Lipinski definition) is 1. The van der Waals surface area contributed by atoms with E-state index in [1.54, 1.807) is 0 Å². The van der Waals surface area contributed by atoms with Gasteiger partial charge in [0.25, 0.3) is 0 Å². The molecule has 37 valence electrons. The van der Waals surface area contributed by atoms with Crippen LogP contribution in [0.3, 0.4) is 0 Å². The van der Waals surface area contributed by atoms with E-state index in [1.807, 2.05) is 0 Å². The average Bonchev–Trinajstić information content (AvgIpc) is 0.918. The molecule has 2 nitrogen and oxygen atoms in total. The maximum absolute atomic E-state index is 8.24. The quantitative estimate of drug-likeness (QED) is 0.389. The summed E-state index contributed by atoms with van der Waals surface area (Å²) in [7, 11) is 0. The van der Waals surface area contributed by atoms with Crippen LogP contribution < -0.4 is 0 Å². The molecule has 0 bridgehead atoms. The van der Waals surface area contributed by atoms with Gasteiger partial charge in [0.2, 0.25) is 0 Å². The molecule has 0 rings (SSSR count). The van der Waals surface area contributed by atoms with Crippen molar-refractivity contribution in [2.45, 2.75) is 0 Å². The minimum Gasteiger partial charge on any atom is -0.665 e. The SMILES string of the molecule is O=[C-]O.[Co].[Ni]. The molecule has 5 heavy (non-hydrogen) atoms. The van der Waals surface area contributed by atoms with Gasteiger partial charge in [-0.15, -0.1) is 0 Å². The first-order chi connectivity index (χ1) is 1.41. The number of hydrogen-bond donors (Lipinski definition) is 1. The molecule has 0 aromatic rings. The van der Waals surface area contributed by atoms with Gasteiger partial charge in [0.15, 0.2) is 0 Å². The summed E-state index contributed by atoms with van der Waals surface area (Å²) in [6, 6.07) is 0. The Kier molecular flexibility index (Phi) is 89.2. The number of rotatable bonds is 0. The van der Waals surface area contributed by atoms with Crippen LogP contribution in [0.4, 0.5) is 0 Å². The second-order valence-electron chi connectivity index (χ2n) is 0.0913. The second-order valence-corrected chi connectivity index (χ2v) is 0.0913. The third kappa shape index (κ3) is 123. The van der Waals surface area contributed by atoms with Crippen LogP contribution in [0.2, 0.25) is 0 Å². The maximum Gasteiger partial charge on any atom is 0 e. The van der Waals surface area contributed by atoms with Crippen LogP contribution in [-0.4, -0.2) is 11.6 Å². The van der Waals surface area contributed by atoms with E-state index in [0.717, 1.165) is 0 Å². The summed E-state index contributed by atoms with van der Waals surface area (Å²) in [6.45, 7) is 0.500. The fourth-order valence-corrected chi connectivity index (χ4v) is 0. The molecule has 1 N–H and O–H groups in total. The smallest absolute Gasteiger partial charge is 0 e. The van der Waals surface area contributed by atoms with Crippen LogP contribution in [0.25, 0.3) is 0 Å². The molecule has 0 saturated carbocycles. The first kappa shape index (κ1) is 17.9. The van der Waals surface area contributed by atoms with E-state index in [0.29, 0.717) is 6.47 Å². The van der Waals surface area contributed by atoms with Gasteiger partial charge in [0.05, 0.1) is 0 Å². The summed E-state index contributed by atoms with van der Waals surface area (Å²) in [5, 5.41) is 6.76. The molecule has 0 heterocycles. The van der Waals surface area contributed by atoms with E-state index in [1.165, 1.54) is 0 Å². The molecule has 0 spiro atoms. The van der Waals surface area contributed by atoms with Crippen molar-refractivity contribution in [2.75, 3.05) is 0 Å². The van der Waals surface area contributed by atoms with E-state index in [2.05, 4.69) is 0 Å². The third-order valence-corrected chi connectivity index (χ3v) is 0. The van der Waals surface area contributed by atoms with E-state index in [4.69, 9.17) is 9.90 Å². The van der Waals surface area contributed by atoms with E-state index in [9.17, 15) is 0 Å². The molecule has 0 fully saturated rings. The topological polar surface area (TPSA) is 37.3 Å². The molecule has 0 atom stereocenters. The van der Waals surface area contributed by atoms with E-state index in [-0.39, 0.29) is 33.3 Å². The van der Waals surface area contributed by atoms with Gasteiger partial charge in [-0.3, -0.25) is 0 Å². The Morgan fingerprint density at radius 1 is 1.60 bits per heavy atom. The van der Waals surface area contributed by atoms with Crippen LogP contribution in [0, 0.1) is 0 Å². The molecule has 0 aliphatic rings. The normalized spacial score (nSPS) is 2.40. The van der Waals surface area contributed by atoms with Crippen molar-refractivity contribution in [3.05, 3.63) is 0 Å². The summed E-state index contributed by atoms with van der Waals surface area (Å²) in [5.74, 6) is 0. The molecular weight excluding hydrogens is 162 g/mol. The van der Waals surface area contributed by atoms with Crippen LogP contribution in [-0.2, 0) is 38.1 Å². The molecule has 1 radical (unpaired) electrons. The van der Waals surface area contributed by atoms with Crippen LogP contribution in [0.15, 0.2) is 0 Å². The molecular formula is CHCoNiO2-. The van der Waals surface area contributed by atoms with Gasteiger partial charge < -0.3 is 9.90 Å². The standard InChI is InChI=1S/CHO2.Co.Ni/c2-1-3;;/h(H,2,3);;/q-1;;. The second kappa shape index (κ2) is 24.9. The van der Waals surface area contributed by atoms with E-state index < -0.39 is 0 Å². The average molecular weight is 163 g/mol. The Morgan fingerprint density at radius 3 is 1.60 bits per heavy atom. The first-order valence-electron chi connectivity index (χ1n) is 0.428. The van der Waals surface area contributed by atoms with Crippen molar-refractivity contribution >= 4 is 6.47 Å². The molecule has 0 amide bonds. The van der Waals surface area contributed by atoms with Crippen molar-refractivity contribution in [1.82, 2.24) is 0 Å². The zero-order valence-corrected chi connectivity index (χ0v) is 4.03. The Bertz CT molecular complexity index is 17.1. The molecule has 0 aromatic carbocycles. The van der Waals surface area contributed by atoms with Gasteiger partial charge in [-0.1, -0.05) is 6.47 Å². The van der Waals surface area contributed by atoms with Gasteiger partial charge in [-0.25, -0.2) is 0 Å². The predicted octanol–water partition coefficient (Wildman–Crippen LogP) is -0.393. The fraction of sp³-hybridized carbons (Fsp3) is 0. The minimum atomic E-state index is 0. The molecule has 0 aliphatic carbocycles. The number of aliphatic hydroxyl groups excluding tert-OH is 1. The Balaban J connectivity index is -0.0000000200. The Morgan fingerprint density at radius 2 is 1.60 bits per heavy atom. The van der Waals surface area contributed by atoms with Gasteiger partial charge in [-0.05, 0) is 0 Å². The maximum atomic E-state index is 8.24. The van der Waals surface area contributed by atoms with Crippen molar-refractivity contribution < 1.29 is 43.2 Å². The molecule has 0 aliphatic heterocycles.